The molecular formula is C29H22ClFN2O4. The van der Waals surface area contributed by atoms with E-state index in [1.807, 2.05) is 42.5 Å². The molecule has 37 heavy (non-hydrogen) atoms. The average Bonchev–Trinajstić information content (AvgIpc) is 3.16. The molecule has 0 saturated carbocycles. The van der Waals surface area contributed by atoms with E-state index in [9.17, 15) is 14.0 Å². The van der Waals surface area contributed by atoms with Gasteiger partial charge in [-0.25, -0.2) is 9.18 Å². The normalized spacial score (nSPS) is 14.4. The molecule has 0 aromatic heterocycles. The van der Waals surface area contributed by atoms with E-state index in [2.05, 4.69) is 5.32 Å². The van der Waals surface area contributed by atoms with Crippen LogP contribution in [0.3, 0.4) is 0 Å². The van der Waals surface area contributed by atoms with Gasteiger partial charge in [-0.1, -0.05) is 72.3 Å². The molecule has 5 rings (SSSR count). The van der Waals surface area contributed by atoms with Gasteiger partial charge in [-0.15, -0.1) is 0 Å². The van der Waals surface area contributed by atoms with Crippen molar-refractivity contribution in [3.63, 3.8) is 0 Å². The number of hydrogen-bond donors (Lipinski definition) is 1. The van der Waals surface area contributed by atoms with Crippen LogP contribution in [0.1, 0.15) is 16.7 Å². The van der Waals surface area contributed by atoms with Crippen LogP contribution in [0.5, 0.6) is 11.5 Å². The molecule has 0 aliphatic carbocycles. The van der Waals surface area contributed by atoms with E-state index in [1.54, 1.807) is 24.3 Å². The summed E-state index contributed by atoms with van der Waals surface area (Å²) >= 11 is 6.54. The third-order valence-corrected chi connectivity index (χ3v) is 6.34. The molecule has 1 aliphatic rings. The smallest absolute Gasteiger partial charge is 0.329 e. The van der Waals surface area contributed by atoms with Crippen molar-refractivity contribution in [3.05, 3.63) is 112 Å². The molecule has 1 saturated heterocycles. The standard InChI is InChI=1S/C29H22ClFN2O4/c1-36-26-15-18(14-25-28(34)33(29(35)32-25)16-20-8-3-5-12-24(20)31)13-23(30)27(26)37-17-21-10-6-9-19-7-2-4-11-22(19)21/h2-15H,16-17H2,1H3,(H,32,35)/b25-14+. The zero-order chi connectivity index (χ0) is 25.9. The van der Waals surface area contributed by atoms with E-state index < -0.39 is 17.8 Å². The molecule has 3 amide bonds. The quantitative estimate of drug-likeness (QED) is 0.231. The average molecular weight is 517 g/mol. The molecule has 186 valence electrons. The van der Waals surface area contributed by atoms with Gasteiger partial charge in [-0.3, -0.25) is 9.69 Å². The maximum atomic E-state index is 14.0. The molecule has 0 unspecified atom stereocenters. The van der Waals surface area contributed by atoms with Crippen LogP contribution in [0.2, 0.25) is 5.02 Å². The second-order valence-corrected chi connectivity index (χ2v) is 8.84. The van der Waals surface area contributed by atoms with E-state index in [4.69, 9.17) is 21.1 Å². The van der Waals surface area contributed by atoms with Crippen molar-refractivity contribution in [2.45, 2.75) is 13.2 Å². The number of ether oxygens (including phenoxy) is 2. The second kappa shape index (κ2) is 10.3. The first-order valence-electron chi connectivity index (χ1n) is 11.5. The Balaban J connectivity index is 1.37. The molecule has 1 fully saturated rings. The highest BCUT2D eigenvalue weighted by molar-refractivity contribution is 6.32. The minimum atomic E-state index is -0.632. The number of carbonyl (C=O) groups is 2. The zero-order valence-corrected chi connectivity index (χ0v) is 20.6. The molecule has 0 atom stereocenters. The first kappa shape index (κ1) is 24.3. The Kier molecular flexibility index (Phi) is 6.79. The maximum Gasteiger partial charge on any atom is 0.329 e. The van der Waals surface area contributed by atoms with Crippen LogP contribution in [-0.4, -0.2) is 23.9 Å². The summed E-state index contributed by atoms with van der Waals surface area (Å²) in [4.78, 5) is 26.2. The van der Waals surface area contributed by atoms with E-state index in [0.717, 1.165) is 21.2 Å². The summed E-state index contributed by atoms with van der Waals surface area (Å²) in [6, 6.07) is 22.7. The Morgan fingerprint density at radius 2 is 1.70 bits per heavy atom. The van der Waals surface area contributed by atoms with Gasteiger partial charge in [-0.05, 0) is 46.2 Å². The number of halogens is 2. The van der Waals surface area contributed by atoms with Gasteiger partial charge in [0.15, 0.2) is 11.5 Å². The van der Waals surface area contributed by atoms with Crippen LogP contribution >= 0.6 is 11.6 Å². The number of nitrogens with one attached hydrogen (secondary N) is 1. The molecule has 0 spiro atoms. The topological polar surface area (TPSA) is 67.9 Å². The van der Waals surface area contributed by atoms with Crippen LogP contribution in [0.15, 0.2) is 84.6 Å². The lowest BCUT2D eigenvalue weighted by atomic mass is 10.1. The molecule has 4 aromatic rings. The van der Waals surface area contributed by atoms with Gasteiger partial charge >= 0.3 is 6.03 Å². The molecule has 1 N–H and O–H groups in total. The number of hydrogen-bond acceptors (Lipinski definition) is 4. The van der Waals surface area contributed by atoms with Gasteiger partial charge in [0, 0.05) is 5.56 Å². The molecular weight excluding hydrogens is 495 g/mol. The highest BCUT2D eigenvalue weighted by Gasteiger charge is 2.34. The van der Waals surface area contributed by atoms with Gasteiger partial charge in [0.1, 0.15) is 18.1 Å². The van der Waals surface area contributed by atoms with E-state index in [-0.39, 0.29) is 29.4 Å². The highest BCUT2D eigenvalue weighted by Crippen LogP contribution is 2.38. The van der Waals surface area contributed by atoms with E-state index in [1.165, 1.54) is 25.3 Å². The summed E-state index contributed by atoms with van der Waals surface area (Å²) in [5.41, 5.74) is 1.81. The number of methoxy groups -OCH3 is 1. The van der Waals surface area contributed by atoms with Crippen molar-refractivity contribution in [2.24, 2.45) is 0 Å². The van der Waals surface area contributed by atoms with Crippen LogP contribution in [0, 0.1) is 5.82 Å². The van der Waals surface area contributed by atoms with Gasteiger partial charge < -0.3 is 14.8 Å². The lowest BCUT2D eigenvalue weighted by Gasteiger charge is -2.14. The van der Waals surface area contributed by atoms with Gasteiger partial charge in [0.25, 0.3) is 5.91 Å². The fourth-order valence-corrected chi connectivity index (χ4v) is 4.48. The minimum Gasteiger partial charge on any atom is -0.493 e. The number of amides is 3. The Bertz CT molecular complexity index is 1550. The third-order valence-electron chi connectivity index (χ3n) is 6.06. The van der Waals surface area contributed by atoms with Crippen molar-refractivity contribution < 1.29 is 23.5 Å². The molecule has 4 aromatic carbocycles. The van der Waals surface area contributed by atoms with Gasteiger partial charge in [0.2, 0.25) is 0 Å². The number of carbonyl (C=O) groups excluding carboxylic acids is 2. The molecule has 0 bridgehead atoms. The molecule has 1 aliphatic heterocycles. The number of fused-ring (bicyclic) bond motifs is 1. The van der Waals surface area contributed by atoms with Crippen LogP contribution in [0.25, 0.3) is 16.8 Å². The van der Waals surface area contributed by atoms with Crippen molar-refractivity contribution in [1.82, 2.24) is 10.2 Å². The SMILES string of the molecule is COc1cc(/C=C2/NC(=O)N(Cc3ccccc3F)C2=O)cc(Cl)c1OCc1cccc2ccccc12. The molecule has 1 heterocycles. The predicted octanol–water partition coefficient (Wildman–Crippen LogP) is 6.31. The summed E-state index contributed by atoms with van der Waals surface area (Å²) in [5.74, 6) is -0.322. The lowest BCUT2D eigenvalue weighted by molar-refractivity contribution is -0.123. The second-order valence-electron chi connectivity index (χ2n) is 8.43. The maximum absolute atomic E-state index is 14.0. The molecule has 6 nitrogen and oxygen atoms in total. The fourth-order valence-electron chi connectivity index (χ4n) is 4.21. The number of nitrogens with zero attached hydrogens (tertiary/aromatic N) is 1. The Labute approximate surface area is 217 Å². The zero-order valence-electron chi connectivity index (χ0n) is 19.8. The summed E-state index contributed by atoms with van der Waals surface area (Å²) in [5, 5.41) is 5.01. The molecule has 0 radical (unpaired) electrons. The summed E-state index contributed by atoms with van der Waals surface area (Å²) in [6.07, 6.45) is 1.49. The fraction of sp³-hybridized carbons (Fsp3) is 0.103. The van der Waals surface area contributed by atoms with Crippen molar-refractivity contribution in [2.75, 3.05) is 7.11 Å². The van der Waals surface area contributed by atoms with Gasteiger partial charge in [0.05, 0.1) is 18.7 Å². The van der Waals surface area contributed by atoms with Crippen molar-refractivity contribution in [1.29, 1.82) is 0 Å². The van der Waals surface area contributed by atoms with Crippen LogP contribution < -0.4 is 14.8 Å². The number of urea groups is 1. The number of benzene rings is 4. The summed E-state index contributed by atoms with van der Waals surface area (Å²) < 4.78 is 25.6. The monoisotopic (exact) mass is 516 g/mol. The Morgan fingerprint density at radius 3 is 2.51 bits per heavy atom. The highest BCUT2D eigenvalue weighted by atomic mass is 35.5. The first-order valence-corrected chi connectivity index (χ1v) is 11.9. The van der Waals surface area contributed by atoms with E-state index >= 15 is 0 Å². The molecule has 8 heteroatoms. The lowest BCUT2D eigenvalue weighted by Crippen LogP contribution is -2.30. The largest absolute Gasteiger partial charge is 0.493 e. The first-order chi connectivity index (χ1) is 17.9. The van der Waals surface area contributed by atoms with Crippen molar-refractivity contribution in [3.8, 4) is 11.5 Å². The third kappa shape index (κ3) is 4.99. The minimum absolute atomic E-state index is 0.0453. The number of imide groups is 1. The summed E-state index contributed by atoms with van der Waals surface area (Å²) in [7, 11) is 1.49. The number of rotatable bonds is 7. The van der Waals surface area contributed by atoms with E-state index in [0.29, 0.717) is 17.1 Å². The predicted molar refractivity (Wildman–Crippen MR) is 140 cm³/mol. The van der Waals surface area contributed by atoms with Crippen molar-refractivity contribution >= 4 is 40.4 Å². The Morgan fingerprint density at radius 1 is 0.973 bits per heavy atom. The van der Waals surface area contributed by atoms with Gasteiger partial charge in [-0.2, -0.15) is 0 Å². The van der Waals surface area contributed by atoms with Crippen LogP contribution in [0.4, 0.5) is 9.18 Å². The van der Waals surface area contributed by atoms with Crippen LogP contribution in [-0.2, 0) is 17.9 Å². The Hall–Kier alpha value is -4.36. The summed E-state index contributed by atoms with van der Waals surface area (Å²) in [6.45, 7) is 0.0944.